The van der Waals surface area contributed by atoms with E-state index in [0.717, 1.165) is 25.7 Å². The SMILES string of the molecule is CCCCC(CC)COP(=O)([O-])[O-].[Mg+2]. The summed E-state index contributed by atoms with van der Waals surface area (Å²) < 4.78 is 14.4. The molecule has 0 aliphatic rings. The van der Waals surface area contributed by atoms with Gasteiger partial charge in [0.05, 0.1) is 14.4 Å². The van der Waals surface area contributed by atoms with Gasteiger partial charge in [0, 0.05) is 0 Å². The van der Waals surface area contributed by atoms with Crippen LogP contribution in [0.25, 0.3) is 0 Å². The van der Waals surface area contributed by atoms with Crippen LogP contribution in [-0.4, -0.2) is 29.7 Å². The van der Waals surface area contributed by atoms with Crippen LogP contribution in [0.2, 0.25) is 0 Å². The van der Waals surface area contributed by atoms with Crippen LogP contribution in [0.3, 0.4) is 0 Å². The van der Waals surface area contributed by atoms with Crippen molar-refractivity contribution in [2.45, 2.75) is 39.5 Å². The summed E-state index contributed by atoms with van der Waals surface area (Å²) in [5.74, 6) is 0.191. The van der Waals surface area contributed by atoms with E-state index in [9.17, 15) is 14.4 Å². The Kier molecular flexibility index (Phi) is 11.3. The van der Waals surface area contributed by atoms with Crippen molar-refractivity contribution in [2.75, 3.05) is 6.61 Å². The number of unbranched alkanes of at least 4 members (excludes halogenated alkanes) is 1. The van der Waals surface area contributed by atoms with Gasteiger partial charge >= 0.3 is 23.1 Å². The van der Waals surface area contributed by atoms with Crippen LogP contribution in [0.15, 0.2) is 0 Å². The maximum absolute atomic E-state index is 10.2. The monoisotopic (exact) mass is 232 g/mol. The van der Waals surface area contributed by atoms with Crippen molar-refractivity contribution in [3.05, 3.63) is 0 Å². The van der Waals surface area contributed by atoms with E-state index in [2.05, 4.69) is 11.4 Å². The maximum atomic E-state index is 10.2. The second-order valence-electron chi connectivity index (χ2n) is 3.16. The number of rotatable bonds is 7. The van der Waals surface area contributed by atoms with Gasteiger partial charge in [-0.15, -0.1) is 0 Å². The molecule has 80 valence electrons. The maximum Gasteiger partial charge on any atom is 2.00 e. The molecule has 0 amide bonds. The van der Waals surface area contributed by atoms with E-state index in [4.69, 9.17) is 0 Å². The van der Waals surface area contributed by atoms with Crippen LogP contribution < -0.4 is 9.79 Å². The van der Waals surface area contributed by atoms with Gasteiger partial charge in [-0.05, 0) is 12.3 Å². The predicted molar refractivity (Wildman–Crippen MR) is 52.6 cm³/mol. The summed E-state index contributed by atoms with van der Waals surface area (Å²) in [6.07, 6.45) is 3.89. The van der Waals surface area contributed by atoms with Gasteiger partial charge in [-0.1, -0.05) is 33.1 Å². The summed E-state index contributed by atoms with van der Waals surface area (Å²) in [7, 11) is -4.76. The van der Waals surface area contributed by atoms with Gasteiger partial charge in [-0.2, -0.15) is 0 Å². The molecule has 0 aromatic rings. The molecular formula is C8H17MgO4P. The minimum atomic E-state index is -4.76. The molecule has 0 aromatic heterocycles. The third kappa shape index (κ3) is 11.0. The minimum Gasteiger partial charge on any atom is -0.790 e. The molecule has 6 heteroatoms. The van der Waals surface area contributed by atoms with E-state index in [0.29, 0.717) is 0 Å². The molecule has 0 bridgehead atoms. The van der Waals surface area contributed by atoms with E-state index >= 15 is 0 Å². The van der Waals surface area contributed by atoms with Gasteiger partial charge in [-0.3, -0.25) is 0 Å². The van der Waals surface area contributed by atoms with Gasteiger partial charge in [0.15, 0.2) is 0 Å². The molecule has 0 aliphatic carbocycles. The largest absolute Gasteiger partial charge is 2.00 e. The average Bonchev–Trinajstić information content (AvgIpc) is 2.03. The molecule has 1 unspecified atom stereocenters. The molecule has 14 heavy (non-hydrogen) atoms. The quantitative estimate of drug-likeness (QED) is 0.478. The fourth-order valence-electron chi connectivity index (χ4n) is 1.09. The Labute approximate surface area is 102 Å². The van der Waals surface area contributed by atoms with Crippen LogP contribution in [0.5, 0.6) is 0 Å². The third-order valence-electron chi connectivity index (χ3n) is 2.01. The Morgan fingerprint density at radius 3 is 2.29 bits per heavy atom. The van der Waals surface area contributed by atoms with Crippen LogP contribution in [-0.2, 0) is 9.09 Å². The molecule has 0 fully saturated rings. The topological polar surface area (TPSA) is 72.4 Å². The molecule has 0 N–H and O–H groups in total. The normalized spacial score (nSPS) is 13.4. The molecular weight excluding hydrogens is 215 g/mol. The van der Waals surface area contributed by atoms with Gasteiger partial charge < -0.3 is 18.9 Å². The van der Waals surface area contributed by atoms with Crippen molar-refractivity contribution in [1.29, 1.82) is 0 Å². The molecule has 0 saturated carbocycles. The van der Waals surface area contributed by atoms with E-state index < -0.39 is 7.82 Å². The van der Waals surface area contributed by atoms with Gasteiger partial charge in [-0.25, -0.2) is 0 Å². The first-order chi connectivity index (χ1) is 5.99. The van der Waals surface area contributed by atoms with Crippen molar-refractivity contribution in [1.82, 2.24) is 0 Å². The molecule has 0 radical (unpaired) electrons. The minimum absolute atomic E-state index is 0. The first kappa shape index (κ1) is 17.3. The van der Waals surface area contributed by atoms with E-state index in [1.54, 1.807) is 0 Å². The van der Waals surface area contributed by atoms with Gasteiger partial charge in [0.25, 0.3) is 0 Å². The second-order valence-corrected chi connectivity index (χ2v) is 4.31. The van der Waals surface area contributed by atoms with Crippen LogP contribution in [0, 0.1) is 5.92 Å². The number of phosphoric ester groups is 1. The van der Waals surface area contributed by atoms with Crippen LogP contribution in [0.1, 0.15) is 39.5 Å². The first-order valence-corrected chi connectivity index (χ1v) is 6.12. The molecule has 4 nitrogen and oxygen atoms in total. The fourth-order valence-corrected chi connectivity index (χ4v) is 1.49. The Morgan fingerprint density at radius 2 is 1.93 bits per heavy atom. The second kappa shape index (κ2) is 9.13. The Bertz CT molecular complexity index is 171. The number of hydrogen-bond donors (Lipinski definition) is 0. The fraction of sp³-hybridized carbons (Fsp3) is 1.00. The zero-order chi connectivity index (χ0) is 10.3. The molecule has 1 atom stereocenters. The first-order valence-electron chi connectivity index (χ1n) is 4.66. The molecule has 0 heterocycles. The van der Waals surface area contributed by atoms with E-state index in [-0.39, 0.29) is 35.6 Å². The number of hydrogen-bond acceptors (Lipinski definition) is 4. The van der Waals surface area contributed by atoms with Gasteiger partial charge in [0.1, 0.15) is 0 Å². The molecule has 0 rings (SSSR count). The molecule has 0 spiro atoms. The van der Waals surface area contributed by atoms with Crippen molar-refractivity contribution in [3.63, 3.8) is 0 Å². The van der Waals surface area contributed by atoms with Crippen molar-refractivity contribution >= 4 is 30.9 Å². The molecule has 0 aliphatic heterocycles. The van der Waals surface area contributed by atoms with E-state index in [1.165, 1.54) is 0 Å². The van der Waals surface area contributed by atoms with E-state index in [1.807, 2.05) is 6.92 Å². The Morgan fingerprint density at radius 1 is 1.36 bits per heavy atom. The standard InChI is InChI=1S/C8H19O4P.Mg/c1-3-5-6-8(4-2)7-12-13(9,10)11;/h8H,3-7H2,1-2H3,(H2,9,10,11);/q;+2/p-2. The van der Waals surface area contributed by atoms with Crippen LogP contribution in [0.4, 0.5) is 0 Å². The third-order valence-corrected chi connectivity index (χ3v) is 2.48. The summed E-state index contributed by atoms with van der Waals surface area (Å²) in [5, 5.41) is 0. The molecule has 0 aromatic carbocycles. The summed E-state index contributed by atoms with van der Waals surface area (Å²) in [6, 6.07) is 0. The van der Waals surface area contributed by atoms with Gasteiger partial charge in [0.2, 0.25) is 0 Å². The van der Waals surface area contributed by atoms with Crippen LogP contribution >= 0.6 is 7.82 Å². The summed E-state index contributed by atoms with van der Waals surface area (Å²) >= 11 is 0. The van der Waals surface area contributed by atoms with Crippen molar-refractivity contribution in [3.8, 4) is 0 Å². The Balaban J connectivity index is 0. The summed E-state index contributed by atoms with van der Waals surface area (Å²) in [4.78, 5) is 20.4. The molecule has 0 saturated heterocycles. The predicted octanol–water partition coefficient (Wildman–Crippen LogP) is 0.667. The average molecular weight is 232 g/mol. The smallest absolute Gasteiger partial charge is 0.790 e. The van der Waals surface area contributed by atoms with Crippen molar-refractivity contribution in [2.24, 2.45) is 5.92 Å². The summed E-state index contributed by atoms with van der Waals surface area (Å²) in [5.41, 5.74) is 0. The zero-order valence-corrected chi connectivity index (χ0v) is 11.2. The summed E-state index contributed by atoms with van der Waals surface area (Å²) in [6.45, 7) is 4.07. The number of phosphoric acid groups is 1. The zero-order valence-electron chi connectivity index (χ0n) is 8.90. The Hall–Kier alpha value is 0.876. The van der Waals surface area contributed by atoms with Crippen molar-refractivity contribution < 1.29 is 18.9 Å².